The third-order valence-corrected chi connectivity index (χ3v) is 15.5. The monoisotopic (exact) mass is 1210 g/mol. The van der Waals surface area contributed by atoms with Crippen molar-refractivity contribution in [2.45, 2.75) is 320 Å². The fourth-order valence-electron chi connectivity index (χ4n) is 10.0. The van der Waals surface area contributed by atoms with Gasteiger partial charge < -0.3 is 45.1 Å². The van der Waals surface area contributed by atoms with Crippen molar-refractivity contribution in [1.82, 2.24) is 5.32 Å². The lowest BCUT2D eigenvalue weighted by molar-refractivity contribution is -0.305. The molecule has 8 atom stereocenters. The molecule has 1 heterocycles. The van der Waals surface area contributed by atoms with Crippen LogP contribution in [0.2, 0.25) is 0 Å². The number of amides is 1. The second-order valence-corrected chi connectivity index (χ2v) is 23.5. The SMILES string of the molecule is CC/C=C\C/C=C\C/C=C\C/C=C\C/C=C\C/C=C\CCCCC(=O)OC1C(OCC(NC(=O)C(O)CCCCCCCCCCCC/C=C\C/C=C\C/C=C\C/C=C\CCCCC)C(O)/C=C/CCCCCCCCCCC)OC(CO)C(O)C1O. The van der Waals surface area contributed by atoms with Gasteiger partial charge in [0.1, 0.15) is 24.4 Å². The first-order valence-electron chi connectivity index (χ1n) is 35.0. The molecule has 0 bridgehead atoms. The van der Waals surface area contributed by atoms with E-state index in [0.717, 1.165) is 122 Å². The van der Waals surface area contributed by atoms with Crippen molar-refractivity contribution in [3.8, 4) is 0 Å². The first-order valence-corrected chi connectivity index (χ1v) is 35.0. The van der Waals surface area contributed by atoms with Gasteiger partial charge in [-0.15, -0.1) is 0 Å². The highest BCUT2D eigenvalue weighted by atomic mass is 16.7. The van der Waals surface area contributed by atoms with E-state index < -0.39 is 67.4 Å². The highest BCUT2D eigenvalue weighted by Gasteiger charge is 2.47. The normalized spacial score (nSPS) is 19.1. The summed E-state index contributed by atoms with van der Waals surface area (Å²) in [4.78, 5) is 26.6. The van der Waals surface area contributed by atoms with Crippen molar-refractivity contribution in [2.24, 2.45) is 0 Å². The van der Waals surface area contributed by atoms with Gasteiger partial charge >= 0.3 is 5.97 Å². The van der Waals surface area contributed by atoms with Crippen LogP contribution >= 0.6 is 0 Å². The van der Waals surface area contributed by atoms with Crippen LogP contribution in [-0.4, -0.2) is 99.6 Å². The molecule has 8 unspecified atom stereocenters. The van der Waals surface area contributed by atoms with E-state index in [1.54, 1.807) is 6.08 Å². The highest BCUT2D eigenvalue weighted by Crippen LogP contribution is 2.26. The van der Waals surface area contributed by atoms with Gasteiger partial charge in [-0.3, -0.25) is 9.59 Å². The fourth-order valence-corrected chi connectivity index (χ4v) is 10.0. The third kappa shape index (κ3) is 49.3. The number of hydrogen-bond donors (Lipinski definition) is 6. The largest absolute Gasteiger partial charge is 0.454 e. The zero-order valence-electron chi connectivity index (χ0n) is 55.1. The Bertz CT molecular complexity index is 1930. The molecule has 0 aliphatic carbocycles. The van der Waals surface area contributed by atoms with E-state index in [9.17, 15) is 35.1 Å². The molecule has 1 rings (SSSR count). The van der Waals surface area contributed by atoms with Gasteiger partial charge in [0.05, 0.1) is 25.4 Å². The summed E-state index contributed by atoms with van der Waals surface area (Å²) in [5, 5.41) is 57.2. The molecule has 11 heteroatoms. The van der Waals surface area contributed by atoms with Gasteiger partial charge in [-0.05, 0) is 122 Å². The molecule has 0 aromatic carbocycles. The summed E-state index contributed by atoms with van der Waals surface area (Å²) < 4.78 is 17.6. The molecule has 0 aromatic heterocycles. The number of carbonyl (C=O) groups is 2. The van der Waals surface area contributed by atoms with Gasteiger partial charge in [0.2, 0.25) is 5.91 Å². The van der Waals surface area contributed by atoms with Crippen LogP contribution in [0.15, 0.2) is 134 Å². The lowest BCUT2D eigenvalue weighted by atomic mass is 9.99. The molecule has 11 nitrogen and oxygen atoms in total. The smallest absolute Gasteiger partial charge is 0.306 e. The van der Waals surface area contributed by atoms with Crippen LogP contribution in [0.4, 0.5) is 0 Å². The van der Waals surface area contributed by atoms with E-state index in [4.69, 9.17) is 14.2 Å². The molecule has 87 heavy (non-hydrogen) atoms. The molecule has 1 amide bonds. The molecule has 496 valence electrons. The molecule has 1 saturated heterocycles. The maximum atomic E-state index is 13.5. The van der Waals surface area contributed by atoms with Gasteiger partial charge in [-0.2, -0.15) is 0 Å². The van der Waals surface area contributed by atoms with E-state index in [1.165, 1.54) is 103 Å². The minimum atomic E-state index is -1.64. The summed E-state index contributed by atoms with van der Waals surface area (Å²) >= 11 is 0. The molecule has 0 saturated carbocycles. The van der Waals surface area contributed by atoms with Crippen LogP contribution in [0.3, 0.4) is 0 Å². The van der Waals surface area contributed by atoms with E-state index >= 15 is 0 Å². The molecular weight excluding hydrogens is 1090 g/mol. The lowest BCUT2D eigenvalue weighted by Gasteiger charge is -2.41. The van der Waals surface area contributed by atoms with Crippen molar-refractivity contribution in [1.29, 1.82) is 0 Å². The number of allylic oxidation sites excluding steroid dienone is 21. The minimum Gasteiger partial charge on any atom is -0.454 e. The molecular formula is C76H127NO10. The van der Waals surface area contributed by atoms with Crippen LogP contribution in [-0.2, 0) is 23.8 Å². The van der Waals surface area contributed by atoms with Crippen LogP contribution in [0.1, 0.15) is 271 Å². The van der Waals surface area contributed by atoms with Gasteiger partial charge in [0.15, 0.2) is 12.4 Å². The van der Waals surface area contributed by atoms with Crippen LogP contribution in [0.5, 0.6) is 0 Å². The summed E-state index contributed by atoms with van der Waals surface area (Å²) in [6, 6.07) is -1.05. The Morgan fingerprint density at radius 3 is 1.26 bits per heavy atom. The van der Waals surface area contributed by atoms with E-state index in [2.05, 4.69) is 148 Å². The maximum Gasteiger partial charge on any atom is 0.306 e. The van der Waals surface area contributed by atoms with Gasteiger partial charge in [-0.25, -0.2) is 0 Å². The Balaban J connectivity index is 2.60. The molecule has 6 N–H and O–H groups in total. The Labute approximate surface area is 531 Å². The van der Waals surface area contributed by atoms with Crippen molar-refractivity contribution in [2.75, 3.05) is 13.2 Å². The summed E-state index contributed by atoms with van der Waals surface area (Å²) in [5.41, 5.74) is 0. The number of carbonyl (C=O) groups excluding carboxylic acids is 2. The molecule has 0 spiro atoms. The van der Waals surface area contributed by atoms with E-state index in [1.807, 2.05) is 6.08 Å². The van der Waals surface area contributed by atoms with Crippen molar-refractivity contribution in [3.05, 3.63) is 134 Å². The number of aliphatic hydroxyl groups excluding tert-OH is 5. The summed E-state index contributed by atoms with van der Waals surface area (Å²) in [7, 11) is 0. The topological polar surface area (TPSA) is 175 Å². The molecule has 1 aliphatic heterocycles. The second kappa shape index (κ2) is 62.0. The Hall–Kier alpha value is -4.20. The number of esters is 1. The molecule has 1 aliphatic rings. The quantitative estimate of drug-likeness (QED) is 0.0195. The fraction of sp³-hybridized carbons (Fsp3) is 0.684. The number of aliphatic hydroxyl groups is 5. The van der Waals surface area contributed by atoms with Crippen LogP contribution in [0, 0.1) is 0 Å². The first-order chi connectivity index (χ1) is 42.7. The highest BCUT2D eigenvalue weighted by molar-refractivity contribution is 5.80. The Morgan fingerprint density at radius 1 is 0.460 bits per heavy atom. The number of unbranched alkanes of at least 4 members (excludes halogenated alkanes) is 24. The standard InChI is InChI=1S/C76H127NO10/c1-4-7-10-13-16-19-22-24-26-28-30-32-33-34-35-36-38-39-41-43-45-48-51-54-57-60-63-69(80)75(84)77-67(68(79)62-59-56-53-50-47-21-18-15-12-9-6-3)66-85-76-74(73(83)72(82)70(65-78)86-76)87-71(81)64-61-58-55-52-49-46-44-42-40-37-31-29-27-25-23-20-17-14-11-8-5-2/h8,11,16-17,19-20,24-27,30-32,34-35,37,42,44,49,52,59,62,67-70,72-74,76,78-80,82-83H,4-7,9-10,12-15,18,21-23,28-29,33,36,38-41,43,45-48,50-51,53-58,60-61,63-66H2,1-3H3,(H,77,84)/b11-8-,19-16-,20-17-,26-24-,27-25-,32-30-,35-34-,37-31-,44-42-,52-49-,62-59+. The first kappa shape index (κ1) is 80.8. The summed E-state index contributed by atoms with van der Waals surface area (Å²) in [6.45, 7) is 5.62. The second-order valence-electron chi connectivity index (χ2n) is 23.5. The van der Waals surface area contributed by atoms with E-state index in [0.29, 0.717) is 12.8 Å². The zero-order chi connectivity index (χ0) is 63.1. The zero-order valence-corrected chi connectivity index (χ0v) is 55.1. The molecule has 0 aromatic rings. The molecule has 1 fully saturated rings. The van der Waals surface area contributed by atoms with Crippen molar-refractivity contribution in [3.63, 3.8) is 0 Å². The lowest BCUT2D eigenvalue weighted by Crippen LogP contribution is -2.61. The molecule has 0 radical (unpaired) electrons. The predicted molar refractivity (Wildman–Crippen MR) is 365 cm³/mol. The third-order valence-electron chi connectivity index (χ3n) is 15.5. The number of hydrogen-bond acceptors (Lipinski definition) is 10. The van der Waals surface area contributed by atoms with Gasteiger partial charge in [0, 0.05) is 6.42 Å². The number of ether oxygens (including phenoxy) is 3. The average molecular weight is 1210 g/mol. The Kier molecular flexibility index (Phi) is 57.6. The summed E-state index contributed by atoms with van der Waals surface area (Å²) in [6.07, 6.45) is 77.8. The van der Waals surface area contributed by atoms with Crippen molar-refractivity contribution < 1.29 is 49.3 Å². The average Bonchev–Trinajstić information content (AvgIpc) is 3.60. The maximum absolute atomic E-state index is 13.5. The summed E-state index contributed by atoms with van der Waals surface area (Å²) in [5.74, 6) is -1.25. The van der Waals surface area contributed by atoms with Crippen LogP contribution < -0.4 is 5.32 Å². The van der Waals surface area contributed by atoms with E-state index in [-0.39, 0.29) is 19.4 Å². The minimum absolute atomic E-state index is 0.0613. The number of nitrogens with one attached hydrogen (secondary N) is 1. The number of rotatable bonds is 58. The van der Waals surface area contributed by atoms with Gasteiger partial charge in [0.25, 0.3) is 0 Å². The Morgan fingerprint density at radius 2 is 0.828 bits per heavy atom. The van der Waals surface area contributed by atoms with Gasteiger partial charge in [-0.1, -0.05) is 276 Å². The van der Waals surface area contributed by atoms with Crippen molar-refractivity contribution >= 4 is 11.9 Å². The van der Waals surface area contributed by atoms with Crippen LogP contribution in [0.25, 0.3) is 0 Å². The predicted octanol–water partition coefficient (Wildman–Crippen LogP) is 18.0.